The summed E-state index contributed by atoms with van der Waals surface area (Å²) in [5, 5.41) is 3.86. The molecule has 0 saturated heterocycles. The van der Waals surface area contributed by atoms with Gasteiger partial charge in [0.1, 0.15) is 0 Å². The minimum absolute atomic E-state index is 0.320. The molecule has 1 aromatic carbocycles. The standard InChI is InChI=1S/C15H18F2N2/c1-2-8-18-14(15(16)17)10-11-7-9-19-13-6-4-3-5-12(11)13/h3-7,9,14-15,18H,2,8,10H2,1H3. The zero-order valence-electron chi connectivity index (χ0n) is 10.9. The molecule has 1 aromatic heterocycles. The van der Waals surface area contributed by atoms with E-state index in [4.69, 9.17) is 0 Å². The molecule has 0 spiro atoms. The van der Waals surface area contributed by atoms with Crippen LogP contribution in [-0.4, -0.2) is 24.0 Å². The third-order valence-electron chi connectivity index (χ3n) is 3.14. The lowest BCUT2D eigenvalue weighted by atomic mass is 10.0. The fourth-order valence-corrected chi connectivity index (χ4v) is 2.15. The molecule has 1 N–H and O–H groups in total. The zero-order chi connectivity index (χ0) is 13.7. The molecule has 1 unspecified atom stereocenters. The van der Waals surface area contributed by atoms with Crippen molar-refractivity contribution in [3.8, 4) is 0 Å². The van der Waals surface area contributed by atoms with Gasteiger partial charge in [0.2, 0.25) is 0 Å². The van der Waals surface area contributed by atoms with Crippen LogP contribution in [0.5, 0.6) is 0 Å². The van der Waals surface area contributed by atoms with Crippen LogP contribution in [0.4, 0.5) is 8.78 Å². The van der Waals surface area contributed by atoms with Crippen molar-refractivity contribution in [2.45, 2.75) is 32.2 Å². The molecule has 19 heavy (non-hydrogen) atoms. The fraction of sp³-hybridized carbons (Fsp3) is 0.400. The van der Waals surface area contributed by atoms with Crippen molar-refractivity contribution in [2.24, 2.45) is 0 Å². The van der Waals surface area contributed by atoms with E-state index in [0.717, 1.165) is 22.9 Å². The van der Waals surface area contributed by atoms with Gasteiger partial charge in [-0.3, -0.25) is 4.98 Å². The molecule has 2 rings (SSSR count). The number of nitrogens with one attached hydrogen (secondary N) is 1. The lowest BCUT2D eigenvalue weighted by Crippen LogP contribution is -2.38. The van der Waals surface area contributed by atoms with Crippen LogP contribution in [0.25, 0.3) is 10.9 Å². The number of nitrogens with zero attached hydrogens (tertiary/aromatic N) is 1. The molecule has 1 atom stereocenters. The summed E-state index contributed by atoms with van der Waals surface area (Å²) in [5.74, 6) is 0. The Kier molecular flexibility index (Phi) is 4.80. The minimum atomic E-state index is -2.36. The first kappa shape index (κ1) is 13.9. The number of rotatable bonds is 6. The van der Waals surface area contributed by atoms with E-state index in [1.165, 1.54) is 0 Å². The second-order valence-electron chi connectivity index (χ2n) is 4.59. The van der Waals surface area contributed by atoms with E-state index in [2.05, 4.69) is 10.3 Å². The molecule has 0 bridgehead atoms. The topological polar surface area (TPSA) is 24.9 Å². The van der Waals surface area contributed by atoms with Crippen molar-refractivity contribution >= 4 is 10.9 Å². The first-order valence-electron chi connectivity index (χ1n) is 6.56. The summed E-state index contributed by atoms with van der Waals surface area (Å²) in [7, 11) is 0. The van der Waals surface area contributed by atoms with Crippen LogP contribution in [0.1, 0.15) is 18.9 Å². The highest BCUT2D eigenvalue weighted by Gasteiger charge is 2.20. The number of fused-ring (bicyclic) bond motifs is 1. The third-order valence-corrected chi connectivity index (χ3v) is 3.14. The van der Waals surface area contributed by atoms with Crippen molar-refractivity contribution in [2.75, 3.05) is 6.54 Å². The molecule has 0 radical (unpaired) electrons. The highest BCUT2D eigenvalue weighted by molar-refractivity contribution is 5.81. The summed E-state index contributed by atoms with van der Waals surface area (Å²) in [6.07, 6.45) is 0.486. The molecule has 0 aliphatic rings. The molecule has 4 heteroatoms. The Morgan fingerprint density at radius 2 is 2.00 bits per heavy atom. The van der Waals surface area contributed by atoms with E-state index < -0.39 is 12.5 Å². The maximum absolute atomic E-state index is 13.0. The SMILES string of the molecule is CCCNC(Cc1ccnc2ccccc12)C(F)F. The number of hydrogen-bond donors (Lipinski definition) is 1. The van der Waals surface area contributed by atoms with Gasteiger partial charge in [0.15, 0.2) is 0 Å². The van der Waals surface area contributed by atoms with Gasteiger partial charge in [-0.15, -0.1) is 0 Å². The van der Waals surface area contributed by atoms with Crippen LogP contribution in [0, 0.1) is 0 Å². The third kappa shape index (κ3) is 3.47. The van der Waals surface area contributed by atoms with Gasteiger partial charge in [-0.05, 0) is 37.1 Å². The number of aromatic nitrogens is 1. The predicted molar refractivity (Wildman–Crippen MR) is 73.5 cm³/mol. The van der Waals surface area contributed by atoms with Crippen LogP contribution in [0.2, 0.25) is 0 Å². The number of alkyl halides is 2. The molecular formula is C15H18F2N2. The second kappa shape index (κ2) is 6.57. The fourth-order valence-electron chi connectivity index (χ4n) is 2.15. The molecule has 0 fully saturated rings. The van der Waals surface area contributed by atoms with Crippen LogP contribution in [0.3, 0.4) is 0 Å². The molecule has 1 heterocycles. The van der Waals surface area contributed by atoms with Crippen molar-refractivity contribution in [3.05, 3.63) is 42.1 Å². The van der Waals surface area contributed by atoms with Gasteiger partial charge in [0, 0.05) is 11.6 Å². The monoisotopic (exact) mass is 264 g/mol. The van der Waals surface area contributed by atoms with Gasteiger partial charge in [-0.25, -0.2) is 8.78 Å². The van der Waals surface area contributed by atoms with Crippen molar-refractivity contribution in [1.29, 1.82) is 0 Å². The van der Waals surface area contributed by atoms with Gasteiger partial charge in [-0.1, -0.05) is 25.1 Å². The van der Waals surface area contributed by atoms with Crippen molar-refractivity contribution in [1.82, 2.24) is 10.3 Å². The highest BCUT2D eigenvalue weighted by atomic mass is 19.3. The number of pyridine rings is 1. The van der Waals surface area contributed by atoms with Gasteiger partial charge >= 0.3 is 0 Å². The maximum Gasteiger partial charge on any atom is 0.254 e. The molecule has 102 valence electrons. The Morgan fingerprint density at radius 1 is 1.21 bits per heavy atom. The van der Waals surface area contributed by atoms with E-state index >= 15 is 0 Å². The summed E-state index contributed by atoms with van der Waals surface area (Å²) in [6.45, 7) is 2.58. The zero-order valence-corrected chi connectivity index (χ0v) is 10.9. The molecule has 2 nitrogen and oxygen atoms in total. The quantitative estimate of drug-likeness (QED) is 0.864. The molecule has 2 aromatic rings. The van der Waals surface area contributed by atoms with Crippen LogP contribution >= 0.6 is 0 Å². The molecule has 0 aliphatic carbocycles. The predicted octanol–water partition coefficient (Wildman–Crippen LogP) is 3.41. The average molecular weight is 264 g/mol. The van der Waals surface area contributed by atoms with Gasteiger partial charge in [0.25, 0.3) is 6.43 Å². The average Bonchev–Trinajstić information content (AvgIpc) is 2.43. The van der Waals surface area contributed by atoms with E-state index in [9.17, 15) is 8.78 Å². The highest BCUT2D eigenvalue weighted by Crippen LogP contribution is 2.19. The van der Waals surface area contributed by atoms with Gasteiger partial charge < -0.3 is 5.32 Å². The Hall–Kier alpha value is -1.55. The second-order valence-corrected chi connectivity index (χ2v) is 4.59. The number of para-hydroxylation sites is 1. The van der Waals surface area contributed by atoms with E-state index in [0.29, 0.717) is 13.0 Å². The largest absolute Gasteiger partial charge is 0.309 e. The lowest BCUT2D eigenvalue weighted by molar-refractivity contribution is 0.0984. The normalized spacial score (nSPS) is 13.1. The molecular weight excluding hydrogens is 246 g/mol. The summed E-state index contributed by atoms with van der Waals surface area (Å²) >= 11 is 0. The van der Waals surface area contributed by atoms with E-state index in [-0.39, 0.29) is 0 Å². The Labute approximate surface area is 111 Å². The number of halogens is 2. The first-order chi connectivity index (χ1) is 9.22. The smallest absolute Gasteiger partial charge is 0.254 e. The Morgan fingerprint density at radius 3 is 2.74 bits per heavy atom. The van der Waals surface area contributed by atoms with Crippen molar-refractivity contribution < 1.29 is 8.78 Å². The molecule has 0 saturated carbocycles. The number of hydrogen-bond acceptors (Lipinski definition) is 2. The minimum Gasteiger partial charge on any atom is -0.309 e. The van der Waals surface area contributed by atoms with Crippen LogP contribution < -0.4 is 5.32 Å². The summed E-state index contributed by atoms with van der Waals surface area (Å²) < 4.78 is 26.1. The van der Waals surface area contributed by atoms with Gasteiger partial charge in [-0.2, -0.15) is 0 Å². The van der Waals surface area contributed by atoms with E-state index in [1.54, 1.807) is 6.20 Å². The first-order valence-corrected chi connectivity index (χ1v) is 6.56. The van der Waals surface area contributed by atoms with Crippen LogP contribution in [-0.2, 0) is 6.42 Å². The summed E-state index contributed by atoms with van der Waals surface area (Å²) in [5.41, 5.74) is 1.77. The van der Waals surface area contributed by atoms with Crippen LogP contribution in [0.15, 0.2) is 36.5 Å². The number of benzene rings is 1. The molecule has 0 amide bonds. The van der Waals surface area contributed by atoms with Gasteiger partial charge in [0.05, 0.1) is 11.6 Å². The summed E-state index contributed by atoms with van der Waals surface area (Å²) in [6, 6.07) is 8.66. The maximum atomic E-state index is 13.0. The Bertz CT molecular complexity index is 523. The Balaban J connectivity index is 2.23. The molecule has 0 aliphatic heterocycles. The van der Waals surface area contributed by atoms with Crippen molar-refractivity contribution in [3.63, 3.8) is 0 Å². The summed E-state index contributed by atoms with van der Waals surface area (Å²) in [4.78, 5) is 4.25. The lowest BCUT2D eigenvalue weighted by Gasteiger charge is -2.18. The van der Waals surface area contributed by atoms with E-state index in [1.807, 2.05) is 37.3 Å².